The van der Waals surface area contributed by atoms with E-state index in [9.17, 15) is 14.4 Å². The molecule has 0 atom stereocenters. The molecule has 0 bridgehead atoms. The second-order valence-corrected chi connectivity index (χ2v) is 5.66. The predicted octanol–water partition coefficient (Wildman–Crippen LogP) is 2.49. The molecule has 1 amide bonds. The molecule has 0 fully saturated rings. The number of aryl methyl sites for hydroxylation is 2. The minimum Gasteiger partial charge on any atom is -0.494 e. The third-order valence-corrected chi connectivity index (χ3v) is 3.51. The highest BCUT2D eigenvalue weighted by atomic mass is 16.5. The Morgan fingerprint density at radius 1 is 1.20 bits per heavy atom. The van der Waals surface area contributed by atoms with Crippen molar-refractivity contribution in [2.45, 2.75) is 26.7 Å². The number of aliphatic carboxylic acids is 1. The van der Waals surface area contributed by atoms with Gasteiger partial charge in [0.05, 0.1) is 6.61 Å². The Labute approximate surface area is 144 Å². The number of nitrogens with one attached hydrogen (secondary N) is 2. The van der Waals surface area contributed by atoms with Gasteiger partial charge in [0.1, 0.15) is 11.3 Å². The summed E-state index contributed by atoms with van der Waals surface area (Å²) >= 11 is 0. The number of carboxylic acids is 1. The van der Waals surface area contributed by atoms with E-state index in [-0.39, 0.29) is 12.0 Å². The Bertz CT molecular complexity index is 824. The molecule has 0 saturated heterocycles. The molecule has 132 valence electrons. The van der Waals surface area contributed by atoms with Crippen LogP contribution >= 0.6 is 0 Å². The van der Waals surface area contributed by atoms with Crippen LogP contribution in [0.25, 0.3) is 0 Å². The minimum absolute atomic E-state index is 0.0542. The SMILES string of the molecule is Cc1cc(C)c(C(=O)Nc2ccc(OCCCC(=O)O)cc2)c(=O)[nH]1. The van der Waals surface area contributed by atoms with Crippen molar-refractivity contribution in [2.75, 3.05) is 11.9 Å². The fraction of sp³-hybridized carbons (Fsp3) is 0.278. The van der Waals surface area contributed by atoms with Gasteiger partial charge in [0.15, 0.2) is 0 Å². The van der Waals surface area contributed by atoms with E-state index in [1.165, 1.54) is 0 Å². The third-order valence-electron chi connectivity index (χ3n) is 3.51. The second kappa shape index (κ2) is 8.14. The number of anilines is 1. The lowest BCUT2D eigenvalue weighted by Crippen LogP contribution is -2.25. The zero-order valence-electron chi connectivity index (χ0n) is 14.1. The first-order chi connectivity index (χ1) is 11.9. The van der Waals surface area contributed by atoms with Gasteiger partial charge in [0.2, 0.25) is 0 Å². The lowest BCUT2D eigenvalue weighted by Gasteiger charge is -2.09. The van der Waals surface area contributed by atoms with E-state index < -0.39 is 17.4 Å². The average Bonchev–Trinajstić information content (AvgIpc) is 2.52. The standard InChI is InChI=1S/C18H20N2O5/c1-11-10-12(2)19-17(23)16(11)18(24)20-13-5-7-14(8-6-13)25-9-3-4-15(21)22/h5-8,10H,3-4,9H2,1-2H3,(H,19,23)(H,20,24)(H,21,22). The molecule has 1 aromatic heterocycles. The number of H-pyrrole nitrogens is 1. The minimum atomic E-state index is -0.858. The van der Waals surface area contributed by atoms with Crippen LogP contribution in [0.1, 0.15) is 34.5 Å². The molecule has 7 heteroatoms. The molecule has 1 heterocycles. The van der Waals surface area contributed by atoms with Gasteiger partial charge >= 0.3 is 5.97 Å². The number of carboxylic acid groups (broad SMARTS) is 1. The lowest BCUT2D eigenvalue weighted by molar-refractivity contribution is -0.137. The Kier molecular flexibility index (Phi) is 5.94. The summed E-state index contributed by atoms with van der Waals surface area (Å²) in [5.41, 5.74) is 1.50. The van der Waals surface area contributed by atoms with Gasteiger partial charge in [-0.15, -0.1) is 0 Å². The Balaban J connectivity index is 1.98. The smallest absolute Gasteiger partial charge is 0.303 e. The summed E-state index contributed by atoms with van der Waals surface area (Å²) in [5, 5.41) is 11.2. The van der Waals surface area contributed by atoms with E-state index in [1.807, 2.05) is 0 Å². The van der Waals surface area contributed by atoms with Crippen LogP contribution in [0.5, 0.6) is 5.75 Å². The van der Waals surface area contributed by atoms with Crippen molar-refractivity contribution in [3.8, 4) is 5.75 Å². The van der Waals surface area contributed by atoms with E-state index in [0.717, 1.165) is 0 Å². The van der Waals surface area contributed by atoms with Crippen molar-refractivity contribution in [1.29, 1.82) is 0 Å². The summed E-state index contributed by atoms with van der Waals surface area (Å²) in [6.07, 6.45) is 0.474. The number of aromatic nitrogens is 1. The van der Waals surface area contributed by atoms with Crippen molar-refractivity contribution in [3.05, 3.63) is 57.5 Å². The van der Waals surface area contributed by atoms with Crippen molar-refractivity contribution in [3.63, 3.8) is 0 Å². The lowest BCUT2D eigenvalue weighted by atomic mass is 10.1. The summed E-state index contributed by atoms with van der Waals surface area (Å²) < 4.78 is 5.42. The predicted molar refractivity (Wildman–Crippen MR) is 93.3 cm³/mol. The van der Waals surface area contributed by atoms with E-state index in [1.54, 1.807) is 44.2 Å². The quantitative estimate of drug-likeness (QED) is 0.669. The number of benzene rings is 1. The van der Waals surface area contributed by atoms with E-state index in [4.69, 9.17) is 9.84 Å². The number of aromatic amines is 1. The topological polar surface area (TPSA) is 108 Å². The maximum absolute atomic E-state index is 12.3. The highest BCUT2D eigenvalue weighted by molar-refractivity contribution is 6.05. The van der Waals surface area contributed by atoms with Gasteiger partial charge < -0.3 is 20.1 Å². The maximum atomic E-state index is 12.3. The molecule has 0 unspecified atom stereocenters. The summed E-state index contributed by atoms with van der Waals surface area (Å²) in [7, 11) is 0. The fourth-order valence-electron chi connectivity index (χ4n) is 2.38. The number of carbonyl (C=O) groups excluding carboxylic acids is 1. The monoisotopic (exact) mass is 344 g/mol. The van der Waals surface area contributed by atoms with Gasteiger partial charge in [-0.05, 0) is 56.2 Å². The maximum Gasteiger partial charge on any atom is 0.303 e. The number of rotatable bonds is 7. The van der Waals surface area contributed by atoms with Crippen LogP contribution in [0.2, 0.25) is 0 Å². The molecule has 3 N–H and O–H groups in total. The second-order valence-electron chi connectivity index (χ2n) is 5.66. The number of pyridine rings is 1. The Hall–Kier alpha value is -3.09. The van der Waals surface area contributed by atoms with Crippen LogP contribution in [-0.4, -0.2) is 28.6 Å². The first-order valence-electron chi connectivity index (χ1n) is 7.83. The normalized spacial score (nSPS) is 10.3. The van der Waals surface area contributed by atoms with Crippen molar-refractivity contribution < 1.29 is 19.4 Å². The van der Waals surface area contributed by atoms with Gasteiger partial charge in [-0.3, -0.25) is 14.4 Å². The number of hydrogen-bond acceptors (Lipinski definition) is 4. The highest BCUT2D eigenvalue weighted by Gasteiger charge is 2.14. The molecule has 0 aliphatic rings. The van der Waals surface area contributed by atoms with Gasteiger partial charge in [-0.25, -0.2) is 0 Å². The van der Waals surface area contributed by atoms with Gasteiger partial charge in [-0.1, -0.05) is 0 Å². The molecule has 0 radical (unpaired) electrons. The number of amides is 1. The first kappa shape index (κ1) is 18.3. The van der Waals surface area contributed by atoms with Crippen LogP contribution in [0.3, 0.4) is 0 Å². The molecule has 2 rings (SSSR count). The Morgan fingerprint density at radius 2 is 1.88 bits per heavy atom. The van der Waals surface area contributed by atoms with Crippen molar-refractivity contribution in [1.82, 2.24) is 4.98 Å². The van der Waals surface area contributed by atoms with Crippen LogP contribution in [0, 0.1) is 13.8 Å². The van der Waals surface area contributed by atoms with Crippen molar-refractivity contribution in [2.24, 2.45) is 0 Å². The summed E-state index contributed by atoms with van der Waals surface area (Å²) in [4.78, 5) is 37.3. The van der Waals surface area contributed by atoms with Crippen LogP contribution in [-0.2, 0) is 4.79 Å². The molecule has 0 aliphatic carbocycles. The van der Waals surface area contributed by atoms with E-state index >= 15 is 0 Å². The Morgan fingerprint density at radius 3 is 2.48 bits per heavy atom. The molecule has 0 saturated carbocycles. The molecule has 1 aromatic carbocycles. The highest BCUT2D eigenvalue weighted by Crippen LogP contribution is 2.17. The molecular weight excluding hydrogens is 324 g/mol. The first-order valence-corrected chi connectivity index (χ1v) is 7.83. The average molecular weight is 344 g/mol. The van der Waals surface area contributed by atoms with Crippen molar-refractivity contribution >= 4 is 17.6 Å². The molecule has 0 spiro atoms. The molecule has 7 nitrogen and oxygen atoms in total. The fourth-order valence-corrected chi connectivity index (χ4v) is 2.38. The summed E-state index contributed by atoms with van der Waals surface area (Å²) in [6.45, 7) is 3.77. The number of carbonyl (C=O) groups is 2. The van der Waals surface area contributed by atoms with Gasteiger partial charge in [0, 0.05) is 17.8 Å². The zero-order chi connectivity index (χ0) is 18.4. The van der Waals surface area contributed by atoms with Crippen LogP contribution < -0.4 is 15.6 Å². The number of ether oxygens (including phenoxy) is 1. The van der Waals surface area contributed by atoms with E-state index in [0.29, 0.717) is 35.7 Å². The van der Waals surface area contributed by atoms with Gasteiger partial charge in [0.25, 0.3) is 11.5 Å². The van der Waals surface area contributed by atoms with Gasteiger partial charge in [-0.2, -0.15) is 0 Å². The molecule has 25 heavy (non-hydrogen) atoms. The zero-order valence-corrected chi connectivity index (χ0v) is 14.1. The van der Waals surface area contributed by atoms with Crippen LogP contribution in [0.4, 0.5) is 5.69 Å². The van der Waals surface area contributed by atoms with Crippen LogP contribution in [0.15, 0.2) is 35.1 Å². The number of hydrogen-bond donors (Lipinski definition) is 3. The third kappa shape index (κ3) is 5.20. The van der Waals surface area contributed by atoms with E-state index in [2.05, 4.69) is 10.3 Å². The molecule has 2 aromatic rings. The molecular formula is C18H20N2O5. The summed E-state index contributed by atoms with van der Waals surface area (Å²) in [6, 6.07) is 8.39. The molecule has 0 aliphatic heterocycles. The summed E-state index contributed by atoms with van der Waals surface area (Å²) in [5.74, 6) is -0.760. The largest absolute Gasteiger partial charge is 0.494 e.